The molecule has 0 aliphatic rings. The maximum absolute atomic E-state index is 11.5. The Balaban J connectivity index is 2.96. The number of anilines is 1. The first-order valence-electron chi connectivity index (χ1n) is 6.08. The van der Waals surface area contributed by atoms with Gasteiger partial charge in [0.1, 0.15) is 12.4 Å². The first-order chi connectivity index (χ1) is 9.62. The van der Waals surface area contributed by atoms with Crippen molar-refractivity contribution in [3.05, 3.63) is 23.8 Å². The van der Waals surface area contributed by atoms with Gasteiger partial charge in [-0.15, -0.1) is 0 Å². The van der Waals surface area contributed by atoms with Crippen molar-refractivity contribution < 1.29 is 24.2 Å². The molecule has 0 bridgehead atoms. The molecule has 0 aliphatic heterocycles. The predicted octanol–water partition coefficient (Wildman–Crippen LogP) is 0.132. The van der Waals surface area contributed by atoms with Crippen molar-refractivity contribution in [3.8, 4) is 5.75 Å². The number of carbonyl (C=O) groups excluding carboxylic acids is 2. The van der Waals surface area contributed by atoms with Crippen LogP contribution in [0, 0.1) is 0 Å². The Hall–Kier alpha value is -2.12. The van der Waals surface area contributed by atoms with Crippen LogP contribution in [0.15, 0.2) is 18.2 Å². The molecule has 0 fully saturated rings. The Labute approximate surface area is 116 Å². The van der Waals surface area contributed by atoms with Crippen LogP contribution >= 0.6 is 0 Å². The molecule has 110 valence electrons. The predicted molar refractivity (Wildman–Crippen MR) is 72.7 cm³/mol. The van der Waals surface area contributed by atoms with E-state index in [0.717, 1.165) is 0 Å². The summed E-state index contributed by atoms with van der Waals surface area (Å²) in [5, 5.41) is 11.4. The third-order valence-corrected chi connectivity index (χ3v) is 2.40. The number of ether oxygens (including phenoxy) is 2. The normalized spacial score (nSPS) is 9.95. The topological polar surface area (TPSA) is 111 Å². The molecule has 1 amide bonds. The van der Waals surface area contributed by atoms with Gasteiger partial charge in [-0.1, -0.05) is 0 Å². The highest BCUT2D eigenvalue weighted by Gasteiger charge is 2.12. The van der Waals surface area contributed by atoms with Gasteiger partial charge in [0.2, 0.25) is 5.91 Å². The van der Waals surface area contributed by atoms with Gasteiger partial charge >= 0.3 is 5.97 Å². The lowest BCUT2D eigenvalue weighted by molar-refractivity contribution is -0.116. The highest BCUT2D eigenvalue weighted by molar-refractivity contribution is 5.95. The lowest BCUT2D eigenvalue weighted by atomic mass is 10.2. The van der Waals surface area contributed by atoms with E-state index in [-0.39, 0.29) is 43.4 Å². The zero-order chi connectivity index (χ0) is 15.0. The maximum Gasteiger partial charge on any atom is 0.337 e. The number of hydrogen-bond acceptors (Lipinski definition) is 6. The quantitative estimate of drug-likeness (QED) is 0.613. The van der Waals surface area contributed by atoms with E-state index in [2.05, 4.69) is 10.1 Å². The Morgan fingerprint density at radius 1 is 1.40 bits per heavy atom. The van der Waals surface area contributed by atoms with Gasteiger partial charge in [-0.2, -0.15) is 0 Å². The van der Waals surface area contributed by atoms with Crippen LogP contribution < -0.4 is 15.8 Å². The maximum atomic E-state index is 11.5. The fraction of sp³-hybridized carbons (Fsp3) is 0.385. The van der Waals surface area contributed by atoms with Crippen molar-refractivity contribution in [1.82, 2.24) is 0 Å². The number of aliphatic hydroxyl groups is 1. The molecular formula is C13H18N2O5. The summed E-state index contributed by atoms with van der Waals surface area (Å²) in [5.41, 5.74) is 5.99. The first kappa shape index (κ1) is 15.9. The largest absolute Gasteiger partial charge is 0.489 e. The van der Waals surface area contributed by atoms with Gasteiger partial charge in [-0.05, 0) is 18.2 Å². The van der Waals surface area contributed by atoms with Crippen molar-refractivity contribution in [1.29, 1.82) is 0 Å². The third kappa shape index (κ3) is 4.52. The zero-order valence-electron chi connectivity index (χ0n) is 11.2. The number of hydrogen-bond donors (Lipinski definition) is 3. The summed E-state index contributed by atoms with van der Waals surface area (Å²) < 4.78 is 9.90. The van der Waals surface area contributed by atoms with Crippen molar-refractivity contribution >= 4 is 17.6 Å². The minimum atomic E-state index is -0.515. The van der Waals surface area contributed by atoms with Crippen LogP contribution in [0.1, 0.15) is 16.8 Å². The number of methoxy groups -OCH3 is 1. The Morgan fingerprint density at radius 2 is 2.15 bits per heavy atom. The van der Waals surface area contributed by atoms with Crippen molar-refractivity contribution in [2.24, 2.45) is 5.73 Å². The second-order valence-electron chi connectivity index (χ2n) is 3.86. The number of aliphatic hydroxyl groups excluding tert-OH is 1. The lowest BCUT2D eigenvalue weighted by Gasteiger charge is -2.13. The first-order valence-corrected chi connectivity index (χ1v) is 6.08. The molecule has 7 heteroatoms. The van der Waals surface area contributed by atoms with Gasteiger partial charge < -0.3 is 25.6 Å². The Bertz CT molecular complexity index is 476. The fourth-order valence-electron chi connectivity index (χ4n) is 1.49. The van der Waals surface area contributed by atoms with E-state index >= 15 is 0 Å². The van der Waals surface area contributed by atoms with Gasteiger partial charge in [0.25, 0.3) is 0 Å². The highest BCUT2D eigenvalue weighted by atomic mass is 16.5. The highest BCUT2D eigenvalue weighted by Crippen LogP contribution is 2.26. The molecule has 0 aromatic heterocycles. The van der Waals surface area contributed by atoms with E-state index in [1.54, 1.807) is 0 Å². The van der Waals surface area contributed by atoms with Gasteiger partial charge in [0.05, 0.1) is 25.0 Å². The molecule has 0 unspecified atom stereocenters. The molecule has 1 aromatic rings. The minimum Gasteiger partial charge on any atom is -0.489 e. The van der Waals surface area contributed by atoms with Crippen LogP contribution in [0.2, 0.25) is 0 Å². The number of nitrogens with one attached hydrogen (secondary N) is 1. The summed E-state index contributed by atoms with van der Waals surface area (Å²) in [6, 6.07) is 4.49. The molecule has 20 heavy (non-hydrogen) atoms. The second kappa shape index (κ2) is 8.13. The number of esters is 1. The molecule has 7 nitrogen and oxygen atoms in total. The molecule has 1 aromatic carbocycles. The van der Waals surface area contributed by atoms with Crippen LogP contribution in [0.3, 0.4) is 0 Å². The molecule has 0 radical (unpaired) electrons. The molecule has 0 saturated carbocycles. The van der Waals surface area contributed by atoms with Crippen LogP contribution in [0.5, 0.6) is 5.75 Å². The van der Waals surface area contributed by atoms with Crippen molar-refractivity contribution in [2.45, 2.75) is 6.42 Å². The van der Waals surface area contributed by atoms with Gasteiger partial charge in [0, 0.05) is 13.0 Å². The summed E-state index contributed by atoms with van der Waals surface area (Å²) in [6.07, 6.45) is 0.179. The number of carbonyl (C=O) groups is 2. The van der Waals surface area contributed by atoms with Gasteiger partial charge in [-0.3, -0.25) is 4.79 Å². The summed E-state index contributed by atoms with van der Waals surface area (Å²) >= 11 is 0. The average Bonchev–Trinajstić information content (AvgIpc) is 2.45. The molecule has 0 heterocycles. The number of nitrogens with two attached hydrogens (primary N) is 1. The molecule has 4 N–H and O–H groups in total. The number of rotatable bonds is 7. The minimum absolute atomic E-state index is 0.0460. The summed E-state index contributed by atoms with van der Waals surface area (Å²) in [6.45, 7) is 0.0991. The lowest BCUT2D eigenvalue weighted by Crippen LogP contribution is -2.17. The number of benzene rings is 1. The summed E-state index contributed by atoms with van der Waals surface area (Å²) in [5.74, 6) is -0.488. The monoisotopic (exact) mass is 282 g/mol. The van der Waals surface area contributed by atoms with E-state index in [4.69, 9.17) is 15.6 Å². The zero-order valence-corrected chi connectivity index (χ0v) is 11.2. The standard InChI is InChI=1S/C13H18N2O5/c1-19-13(18)9-2-3-10(15-12(17)4-5-14)11(8-9)20-7-6-16/h2-3,8,16H,4-7,14H2,1H3,(H,15,17). The van der Waals surface area contributed by atoms with E-state index < -0.39 is 5.97 Å². The molecule has 0 atom stereocenters. The molecular weight excluding hydrogens is 264 g/mol. The fourth-order valence-corrected chi connectivity index (χ4v) is 1.49. The SMILES string of the molecule is COC(=O)c1ccc(NC(=O)CCN)c(OCCO)c1. The smallest absolute Gasteiger partial charge is 0.337 e. The van der Waals surface area contributed by atoms with E-state index in [1.807, 2.05) is 0 Å². The molecule has 0 aliphatic carbocycles. The van der Waals surface area contributed by atoms with E-state index in [9.17, 15) is 9.59 Å². The van der Waals surface area contributed by atoms with Gasteiger partial charge in [0.15, 0.2) is 0 Å². The second-order valence-corrected chi connectivity index (χ2v) is 3.86. The van der Waals surface area contributed by atoms with Crippen LogP contribution in [-0.2, 0) is 9.53 Å². The van der Waals surface area contributed by atoms with Crippen LogP contribution in [-0.4, -0.2) is 43.9 Å². The van der Waals surface area contributed by atoms with E-state index in [1.165, 1.54) is 25.3 Å². The van der Waals surface area contributed by atoms with Gasteiger partial charge in [-0.25, -0.2) is 4.79 Å². The Kier molecular flexibility index (Phi) is 6.48. The molecule has 1 rings (SSSR count). The average molecular weight is 282 g/mol. The summed E-state index contributed by atoms with van der Waals surface area (Å²) in [7, 11) is 1.27. The van der Waals surface area contributed by atoms with Crippen LogP contribution in [0.4, 0.5) is 5.69 Å². The Morgan fingerprint density at radius 3 is 2.75 bits per heavy atom. The summed E-state index contributed by atoms with van der Waals surface area (Å²) in [4.78, 5) is 23.0. The van der Waals surface area contributed by atoms with Crippen molar-refractivity contribution in [2.75, 3.05) is 32.2 Å². The van der Waals surface area contributed by atoms with Crippen molar-refractivity contribution in [3.63, 3.8) is 0 Å². The molecule has 0 spiro atoms. The molecule has 0 saturated heterocycles. The third-order valence-electron chi connectivity index (χ3n) is 2.40. The number of amides is 1. The van der Waals surface area contributed by atoms with Crippen LogP contribution in [0.25, 0.3) is 0 Å². The van der Waals surface area contributed by atoms with E-state index in [0.29, 0.717) is 5.69 Å².